The lowest BCUT2D eigenvalue weighted by molar-refractivity contribution is -0.127. The average Bonchev–Trinajstić information content (AvgIpc) is 3.41. The molecule has 0 aliphatic heterocycles. The van der Waals surface area contributed by atoms with Crippen molar-refractivity contribution in [1.29, 1.82) is 0 Å². The molecule has 1 N–H and O–H groups in total. The number of amides is 2. The third kappa shape index (κ3) is 6.04. The van der Waals surface area contributed by atoms with E-state index in [4.69, 9.17) is 9.47 Å². The molecular weight excluding hydrogens is 518 g/mol. The molecule has 5 aromatic rings. The third-order valence-corrected chi connectivity index (χ3v) is 6.89. The van der Waals surface area contributed by atoms with E-state index in [1.807, 2.05) is 85.8 Å². The van der Waals surface area contributed by atoms with Gasteiger partial charge in [0.2, 0.25) is 11.8 Å². The predicted octanol–water partition coefficient (Wildman–Crippen LogP) is 4.85. The Morgan fingerprint density at radius 1 is 0.878 bits per heavy atom. The fourth-order valence-electron chi connectivity index (χ4n) is 4.78. The summed E-state index contributed by atoms with van der Waals surface area (Å²) in [7, 11) is 3.08. The largest absolute Gasteiger partial charge is 0.497 e. The first kappa shape index (κ1) is 27.4. The maximum absolute atomic E-state index is 14.3. The molecule has 0 fully saturated rings. The molecule has 0 saturated heterocycles. The van der Waals surface area contributed by atoms with Gasteiger partial charge >= 0.3 is 0 Å². The van der Waals surface area contributed by atoms with Crippen LogP contribution in [-0.2, 0) is 22.7 Å². The summed E-state index contributed by atoms with van der Waals surface area (Å²) in [4.78, 5) is 29.9. The predicted molar refractivity (Wildman–Crippen MR) is 157 cm³/mol. The molecule has 1 atom stereocenters. The number of benzene rings is 4. The zero-order chi connectivity index (χ0) is 28.8. The highest BCUT2D eigenvalue weighted by Crippen LogP contribution is 2.35. The standard InChI is InChI=1S/C32H31N5O4/c1-22-11-7-8-14-27(22)31(32(39)33-20-23-12-5-4-6-13-23)37(24-17-25(40-2)19-26(18-24)41-3)30(38)21-36-29-16-10-9-15-28(29)34-35-36/h4-19,31H,20-21H2,1-3H3,(H,33,39)/t31-/m0/s1. The number of hydrogen-bond acceptors (Lipinski definition) is 6. The first-order valence-corrected chi connectivity index (χ1v) is 13.2. The molecule has 0 aliphatic rings. The van der Waals surface area contributed by atoms with Crippen molar-refractivity contribution < 1.29 is 19.1 Å². The van der Waals surface area contributed by atoms with E-state index < -0.39 is 6.04 Å². The second kappa shape index (κ2) is 12.3. The summed E-state index contributed by atoms with van der Waals surface area (Å²) in [6.45, 7) is 2.08. The number of para-hydroxylation sites is 1. The van der Waals surface area contributed by atoms with Crippen molar-refractivity contribution in [1.82, 2.24) is 20.3 Å². The maximum Gasteiger partial charge on any atom is 0.249 e. The van der Waals surface area contributed by atoms with E-state index in [0.29, 0.717) is 40.3 Å². The monoisotopic (exact) mass is 549 g/mol. The minimum atomic E-state index is -1.00. The first-order chi connectivity index (χ1) is 20.0. The number of methoxy groups -OCH3 is 2. The molecule has 208 valence electrons. The van der Waals surface area contributed by atoms with Crippen molar-refractivity contribution in [2.24, 2.45) is 0 Å². The SMILES string of the molecule is COc1cc(OC)cc(N(C(=O)Cn2nnc3ccccc32)[C@H](C(=O)NCc2ccccc2)c2ccccc2C)c1. The molecule has 9 nitrogen and oxygen atoms in total. The maximum atomic E-state index is 14.3. The van der Waals surface area contributed by atoms with Gasteiger partial charge in [-0.3, -0.25) is 14.5 Å². The van der Waals surface area contributed by atoms with Gasteiger partial charge < -0.3 is 14.8 Å². The number of nitrogens with zero attached hydrogens (tertiary/aromatic N) is 4. The van der Waals surface area contributed by atoms with E-state index in [-0.39, 0.29) is 18.4 Å². The number of anilines is 1. The summed E-state index contributed by atoms with van der Waals surface area (Å²) < 4.78 is 12.6. The number of rotatable bonds is 10. The quantitative estimate of drug-likeness (QED) is 0.268. The molecule has 0 unspecified atom stereocenters. The minimum absolute atomic E-state index is 0.144. The van der Waals surface area contributed by atoms with Gasteiger partial charge in [0.05, 0.1) is 25.4 Å². The number of carbonyl (C=O) groups excluding carboxylic acids is 2. The zero-order valence-corrected chi connectivity index (χ0v) is 23.2. The Labute approximate surface area is 238 Å². The topological polar surface area (TPSA) is 98.6 Å². The molecule has 1 heterocycles. The average molecular weight is 550 g/mol. The number of nitrogens with one attached hydrogen (secondary N) is 1. The molecule has 0 spiro atoms. The second-order valence-corrected chi connectivity index (χ2v) is 9.53. The summed E-state index contributed by atoms with van der Waals surface area (Å²) in [5.41, 5.74) is 4.33. The highest BCUT2D eigenvalue weighted by atomic mass is 16.5. The lowest BCUT2D eigenvalue weighted by Crippen LogP contribution is -2.45. The number of ether oxygens (including phenoxy) is 2. The van der Waals surface area contributed by atoms with Crippen LogP contribution in [0.3, 0.4) is 0 Å². The van der Waals surface area contributed by atoms with Crippen LogP contribution in [0, 0.1) is 6.92 Å². The van der Waals surface area contributed by atoms with E-state index >= 15 is 0 Å². The van der Waals surface area contributed by atoms with Gasteiger partial charge in [-0.15, -0.1) is 5.10 Å². The summed E-state index contributed by atoms with van der Waals surface area (Å²) in [6.07, 6.45) is 0. The lowest BCUT2D eigenvalue weighted by Gasteiger charge is -2.32. The van der Waals surface area contributed by atoms with Gasteiger partial charge in [-0.2, -0.15) is 0 Å². The molecule has 41 heavy (non-hydrogen) atoms. The first-order valence-electron chi connectivity index (χ1n) is 13.2. The molecule has 0 aliphatic carbocycles. The van der Waals surface area contributed by atoms with E-state index in [1.54, 1.807) is 22.9 Å². The summed E-state index contributed by atoms with van der Waals surface area (Å²) in [6, 6.07) is 28.8. The van der Waals surface area contributed by atoms with E-state index in [1.165, 1.54) is 19.1 Å². The Hall–Kier alpha value is -5.18. The highest BCUT2D eigenvalue weighted by molar-refractivity contribution is 6.02. The molecule has 0 radical (unpaired) electrons. The zero-order valence-electron chi connectivity index (χ0n) is 23.2. The Balaban J connectivity index is 1.62. The number of aryl methyl sites for hydroxylation is 1. The van der Waals surface area contributed by atoms with Crippen molar-refractivity contribution in [2.75, 3.05) is 19.1 Å². The van der Waals surface area contributed by atoms with Crippen molar-refractivity contribution in [3.8, 4) is 11.5 Å². The molecular formula is C32H31N5O4. The van der Waals surface area contributed by atoms with E-state index in [0.717, 1.165) is 11.1 Å². The van der Waals surface area contributed by atoms with E-state index in [2.05, 4.69) is 15.6 Å². The van der Waals surface area contributed by atoms with Crippen LogP contribution in [-0.4, -0.2) is 41.0 Å². The lowest BCUT2D eigenvalue weighted by atomic mass is 9.98. The van der Waals surface area contributed by atoms with Gasteiger partial charge in [-0.1, -0.05) is 71.9 Å². The van der Waals surface area contributed by atoms with E-state index in [9.17, 15) is 9.59 Å². The molecule has 4 aromatic carbocycles. The van der Waals surface area contributed by atoms with Crippen LogP contribution in [0.5, 0.6) is 11.5 Å². The van der Waals surface area contributed by atoms with Crippen LogP contribution < -0.4 is 19.7 Å². The fraction of sp³-hybridized carbons (Fsp3) is 0.188. The summed E-state index contributed by atoms with van der Waals surface area (Å²) in [5, 5.41) is 11.5. The Bertz CT molecular complexity index is 1650. The van der Waals surface area contributed by atoms with Crippen LogP contribution in [0.1, 0.15) is 22.7 Å². The number of carbonyl (C=O) groups is 2. The number of fused-ring (bicyclic) bond motifs is 1. The summed E-state index contributed by atoms with van der Waals surface area (Å²) in [5.74, 6) is 0.272. The van der Waals surface area contributed by atoms with Crippen molar-refractivity contribution >= 4 is 28.5 Å². The van der Waals surface area contributed by atoms with Crippen LogP contribution in [0.25, 0.3) is 11.0 Å². The molecule has 0 saturated carbocycles. The molecule has 2 amide bonds. The van der Waals surface area contributed by atoms with Crippen LogP contribution in [0.15, 0.2) is 97.1 Å². The van der Waals surface area contributed by atoms with Crippen molar-refractivity contribution in [3.63, 3.8) is 0 Å². The second-order valence-electron chi connectivity index (χ2n) is 9.53. The molecule has 0 bridgehead atoms. The number of hydrogen-bond donors (Lipinski definition) is 1. The summed E-state index contributed by atoms with van der Waals surface area (Å²) >= 11 is 0. The molecule has 5 rings (SSSR count). The smallest absolute Gasteiger partial charge is 0.249 e. The van der Waals surface area contributed by atoms with Gasteiger partial charge in [-0.25, -0.2) is 4.68 Å². The Morgan fingerprint density at radius 3 is 2.24 bits per heavy atom. The fourth-order valence-corrected chi connectivity index (χ4v) is 4.78. The van der Waals surface area contributed by atoms with Crippen molar-refractivity contribution in [3.05, 3.63) is 114 Å². The van der Waals surface area contributed by atoms with Gasteiger partial charge in [0.25, 0.3) is 0 Å². The number of aromatic nitrogens is 3. The Kier molecular flexibility index (Phi) is 8.24. The Morgan fingerprint density at radius 2 is 1.54 bits per heavy atom. The van der Waals surface area contributed by atoms with Gasteiger partial charge in [0.15, 0.2) is 0 Å². The normalized spacial score (nSPS) is 11.6. The van der Waals surface area contributed by atoms with Crippen LogP contribution >= 0.6 is 0 Å². The minimum Gasteiger partial charge on any atom is -0.497 e. The van der Waals surface area contributed by atoms with Gasteiger partial charge in [0.1, 0.15) is 29.6 Å². The third-order valence-electron chi connectivity index (χ3n) is 6.89. The highest BCUT2D eigenvalue weighted by Gasteiger charge is 2.34. The van der Waals surface area contributed by atoms with Gasteiger partial charge in [-0.05, 0) is 35.7 Å². The van der Waals surface area contributed by atoms with Crippen molar-refractivity contribution in [2.45, 2.75) is 26.1 Å². The molecule has 9 heteroatoms. The van der Waals surface area contributed by atoms with Gasteiger partial charge in [0, 0.05) is 24.7 Å². The molecule has 1 aromatic heterocycles. The van der Waals surface area contributed by atoms with Crippen LogP contribution in [0.4, 0.5) is 5.69 Å². The van der Waals surface area contributed by atoms with Crippen LogP contribution in [0.2, 0.25) is 0 Å².